The average molecular weight is 270 g/mol. The van der Waals surface area contributed by atoms with Crippen molar-refractivity contribution in [1.82, 2.24) is 9.97 Å². The summed E-state index contributed by atoms with van der Waals surface area (Å²) in [5, 5.41) is 3.58. The van der Waals surface area contributed by atoms with Gasteiger partial charge in [-0.3, -0.25) is 0 Å². The third-order valence-electron chi connectivity index (χ3n) is 3.89. The number of hydrogen-bond donors (Lipinski definition) is 0. The lowest BCUT2D eigenvalue weighted by atomic mass is 10.0. The molecule has 1 aromatic heterocycles. The maximum absolute atomic E-state index is 4.51. The molecule has 0 fully saturated rings. The molecular weight excluding hydrogens is 256 g/mol. The third kappa shape index (κ3) is 1.96. The number of fused-ring (bicyclic) bond motifs is 2. The van der Waals surface area contributed by atoms with Gasteiger partial charge in [-0.1, -0.05) is 54.6 Å². The quantitative estimate of drug-likeness (QED) is 0.498. The minimum atomic E-state index is 0.995. The monoisotopic (exact) mass is 270 g/mol. The summed E-state index contributed by atoms with van der Waals surface area (Å²) in [7, 11) is 0. The number of rotatable bonds is 1. The Morgan fingerprint density at radius 2 is 1.62 bits per heavy atom. The standard InChI is InChI=1S/C19H14N2/c1-13-5-4-8-17-18(13)20-12-21-19(17)16-10-9-14-6-2-3-7-15(14)11-16/h2-12H,1H3. The number of aryl methyl sites for hydroxylation is 1. The fourth-order valence-electron chi connectivity index (χ4n) is 2.80. The van der Waals surface area contributed by atoms with Crippen LogP contribution in [0.25, 0.3) is 32.9 Å². The predicted molar refractivity (Wildman–Crippen MR) is 87.2 cm³/mol. The molecule has 3 aromatic carbocycles. The molecule has 0 aliphatic carbocycles. The molecule has 0 aliphatic rings. The summed E-state index contributed by atoms with van der Waals surface area (Å²) in [6, 6.07) is 21.1. The van der Waals surface area contributed by atoms with Crippen molar-refractivity contribution >= 4 is 21.7 Å². The number of benzene rings is 3. The lowest BCUT2D eigenvalue weighted by Gasteiger charge is -2.08. The van der Waals surface area contributed by atoms with Crippen LogP contribution in [0.5, 0.6) is 0 Å². The van der Waals surface area contributed by atoms with Crippen LogP contribution in [0.4, 0.5) is 0 Å². The summed E-state index contributed by atoms with van der Waals surface area (Å²) in [5.74, 6) is 0. The minimum Gasteiger partial charge on any atom is -0.236 e. The maximum atomic E-state index is 4.51. The van der Waals surface area contributed by atoms with E-state index in [1.165, 1.54) is 16.3 Å². The Labute approximate surface area is 123 Å². The second kappa shape index (κ2) is 4.67. The Morgan fingerprint density at radius 3 is 2.52 bits per heavy atom. The number of para-hydroxylation sites is 1. The van der Waals surface area contributed by atoms with Crippen LogP contribution in [0.3, 0.4) is 0 Å². The zero-order chi connectivity index (χ0) is 14.2. The van der Waals surface area contributed by atoms with Gasteiger partial charge in [-0.15, -0.1) is 0 Å². The normalized spacial score (nSPS) is 11.1. The summed E-state index contributed by atoms with van der Waals surface area (Å²) < 4.78 is 0. The number of nitrogens with zero attached hydrogens (tertiary/aromatic N) is 2. The summed E-state index contributed by atoms with van der Waals surface area (Å²) in [6.45, 7) is 2.08. The highest BCUT2D eigenvalue weighted by molar-refractivity contribution is 5.96. The zero-order valence-corrected chi connectivity index (χ0v) is 11.7. The first-order valence-corrected chi connectivity index (χ1v) is 7.02. The van der Waals surface area contributed by atoms with E-state index in [1.54, 1.807) is 6.33 Å². The van der Waals surface area contributed by atoms with Crippen molar-refractivity contribution in [3.63, 3.8) is 0 Å². The fourth-order valence-corrected chi connectivity index (χ4v) is 2.80. The lowest BCUT2D eigenvalue weighted by molar-refractivity contribution is 1.21. The molecule has 2 nitrogen and oxygen atoms in total. The highest BCUT2D eigenvalue weighted by atomic mass is 14.8. The van der Waals surface area contributed by atoms with Gasteiger partial charge in [-0.05, 0) is 29.3 Å². The predicted octanol–water partition coefficient (Wildman–Crippen LogP) is 4.76. The van der Waals surface area contributed by atoms with E-state index in [4.69, 9.17) is 0 Å². The van der Waals surface area contributed by atoms with Gasteiger partial charge in [0.2, 0.25) is 0 Å². The van der Waals surface area contributed by atoms with Crippen LogP contribution in [0.15, 0.2) is 67.0 Å². The van der Waals surface area contributed by atoms with E-state index < -0.39 is 0 Å². The van der Waals surface area contributed by atoms with Crippen molar-refractivity contribution in [3.8, 4) is 11.3 Å². The van der Waals surface area contributed by atoms with Crippen molar-refractivity contribution in [2.75, 3.05) is 0 Å². The van der Waals surface area contributed by atoms with Crippen molar-refractivity contribution < 1.29 is 0 Å². The molecule has 0 atom stereocenters. The Bertz CT molecular complexity index is 958. The SMILES string of the molecule is Cc1cccc2c(-c3ccc4ccccc4c3)ncnc12. The van der Waals surface area contributed by atoms with Crippen LogP contribution in [-0.4, -0.2) is 9.97 Å². The smallest absolute Gasteiger partial charge is 0.116 e. The van der Waals surface area contributed by atoms with Crippen molar-refractivity contribution in [1.29, 1.82) is 0 Å². The van der Waals surface area contributed by atoms with Gasteiger partial charge in [0.15, 0.2) is 0 Å². The summed E-state index contributed by atoms with van der Waals surface area (Å²) >= 11 is 0. The molecule has 0 bridgehead atoms. The van der Waals surface area contributed by atoms with Gasteiger partial charge in [0.25, 0.3) is 0 Å². The summed E-state index contributed by atoms with van der Waals surface area (Å²) in [5.41, 5.74) is 4.33. The van der Waals surface area contributed by atoms with Crippen molar-refractivity contribution in [2.45, 2.75) is 6.92 Å². The minimum absolute atomic E-state index is 0.995. The second-order valence-corrected chi connectivity index (χ2v) is 5.26. The molecule has 4 rings (SSSR count). The first-order chi connectivity index (χ1) is 10.3. The van der Waals surface area contributed by atoms with E-state index in [9.17, 15) is 0 Å². The van der Waals surface area contributed by atoms with Gasteiger partial charge in [-0.2, -0.15) is 0 Å². The van der Waals surface area contributed by atoms with Gasteiger partial charge >= 0.3 is 0 Å². The summed E-state index contributed by atoms with van der Waals surface area (Å²) in [4.78, 5) is 8.93. The largest absolute Gasteiger partial charge is 0.236 e. The molecule has 1 heterocycles. The number of aromatic nitrogens is 2. The number of hydrogen-bond acceptors (Lipinski definition) is 2. The van der Waals surface area contributed by atoms with Crippen molar-refractivity contribution in [2.24, 2.45) is 0 Å². The Hall–Kier alpha value is -2.74. The highest BCUT2D eigenvalue weighted by Crippen LogP contribution is 2.29. The van der Waals surface area contributed by atoms with Gasteiger partial charge < -0.3 is 0 Å². The molecule has 2 heteroatoms. The van der Waals surface area contributed by atoms with Gasteiger partial charge in [0, 0.05) is 10.9 Å². The highest BCUT2D eigenvalue weighted by Gasteiger charge is 2.08. The fraction of sp³-hybridized carbons (Fsp3) is 0.0526. The Kier molecular flexibility index (Phi) is 2.68. The van der Waals surface area contributed by atoms with Crippen LogP contribution in [0.1, 0.15) is 5.56 Å². The van der Waals surface area contributed by atoms with Crippen LogP contribution in [0, 0.1) is 6.92 Å². The average Bonchev–Trinajstić information content (AvgIpc) is 2.54. The molecule has 0 spiro atoms. The van der Waals surface area contributed by atoms with E-state index in [-0.39, 0.29) is 0 Å². The van der Waals surface area contributed by atoms with E-state index in [0.717, 1.165) is 22.2 Å². The second-order valence-electron chi connectivity index (χ2n) is 5.26. The molecule has 0 unspecified atom stereocenters. The molecule has 0 radical (unpaired) electrons. The van der Waals surface area contributed by atoms with Crippen LogP contribution < -0.4 is 0 Å². The summed E-state index contributed by atoms with van der Waals surface area (Å²) in [6.07, 6.45) is 1.65. The van der Waals surface area contributed by atoms with Crippen molar-refractivity contribution in [3.05, 3.63) is 72.6 Å². The molecule has 100 valence electrons. The molecule has 21 heavy (non-hydrogen) atoms. The molecule has 0 aliphatic heterocycles. The van der Waals surface area contributed by atoms with Crippen LogP contribution in [0.2, 0.25) is 0 Å². The van der Waals surface area contributed by atoms with E-state index >= 15 is 0 Å². The molecule has 0 amide bonds. The van der Waals surface area contributed by atoms with Gasteiger partial charge in [-0.25, -0.2) is 9.97 Å². The van der Waals surface area contributed by atoms with E-state index in [2.05, 4.69) is 77.6 Å². The Morgan fingerprint density at radius 1 is 0.762 bits per heavy atom. The van der Waals surface area contributed by atoms with Gasteiger partial charge in [0.05, 0.1) is 11.2 Å². The maximum Gasteiger partial charge on any atom is 0.116 e. The first-order valence-electron chi connectivity index (χ1n) is 7.02. The van der Waals surface area contributed by atoms with Crippen LogP contribution >= 0.6 is 0 Å². The Balaban J connectivity index is 2.02. The lowest BCUT2D eigenvalue weighted by Crippen LogP contribution is -1.91. The van der Waals surface area contributed by atoms with Crippen LogP contribution in [-0.2, 0) is 0 Å². The third-order valence-corrected chi connectivity index (χ3v) is 3.89. The molecular formula is C19H14N2. The van der Waals surface area contributed by atoms with E-state index in [0.29, 0.717) is 0 Å². The topological polar surface area (TPSA) is 25.8 Å². The molecule has 0 saturated carbocycles. The molecule has 4 aromatic rings. The van der Waals surface area contributed by atoms with Gasteiger partial charge in [0.1, 0.15) is 6.33 Å². The molecule has 0 saturated heterocycles. The first kappa shape index (κ1) is 12.0. The van der Waals surface area contributed by atoms with E-state index in [1.807, 2.05) is 0 Å². The molecule has 0 N–H and O–H groups in total. The zero-order valence-electron chi connectivity index (χ0n) is 11.7.